The molecule has 0 spiro atoms. The molecule has 0 saturated carbocycles. The van der Waals surface area contributed by atoms with E-state index in [-0.39, 0.29) is 5.41 Å². The molecule has 0 saturated heterocycles. The molecule has 0 atom stereocenters. The van der Waals surface area contributed by atoms with Crippen LogP contribution in [0.4, 0.5) is 0 Å². The maximum Gasteiger partial charge on any atom is 0.149 e. The average molecular weight is 499 g/mol. The van der Waals surface area contributed by atoms with Gasteiger partial charge in [-0.1, -0.05) is 92.3 Å². The van der Waals surface area contributed by atoms with Gasteiger partial charge in [0.25, 0.3) is 0 Å². The molecule has 0 bridgehead atoms. The first-order chi connectivity index (χ1) is 17.6. The molecule has 8 rings (SSSR count). The fraction of sp³-hybridized carbons (Fsp3) is 0.0909. The van der Waals surface area contributed by atoms with Gasteiger partial charge in [-0.3, -0.25) is 0 Å². The second-order valence-electron chi connectivity index (χ2n) is 10.1. The van der Waals surface area contributed by atoms with Gasteiger partial charge in [0.1, 0.15) is 11.5 Å². The van der Waals surface area contributed by atoms with Crippen molar-refractivity contribution in [2.75, 3.05) is 0 Å². The molecule has 6 aromatic rings. The number of hydrogen-bond acceptors (Lipinski definition) is 3. The molecule has 0 N–H and O–H groups in total. The van der Waals surface area contributed by atoms with Gasteiger partial charge in [-0.15, -0.1) is 11.3 Å². The highest BCUT2D eigenvalue weighted by Crippen LogP contribution is 2.59. The Hall–Kier alpha value is -3.53. The topological polar surface area (TPSA) is 9.23 Å². The molecule has 1 nitrogen and oxygen atoms in total. The lowest BCUT2D eigenvalue weighted by Crippen LogP contribution is -2.15. The van der Waals surface area contributed by atoms with Gasteiger partial charge in [0, 0.05) is 31.2 Å². The summed E-state index contributed by atoms with van der Waals surface area (Å²) in [5.41, 5.74) is 7.74. The van der Waals surface area contributed by atoms with E-state index in [1.165, 1.54) is 63.3 Å². The van der Waals surface area contributed by atoms with Crippen molar-refractivity contribution in [1.29, 1.82) is 0 Å². The smallest absolute Gasteiger partial charge is 0.149 e. The number of para-hydroxylation sites is 1. The summed E-state index contributed by atoms with van der Waals surface area (Å²) >= 11 is 3.70. The highest BCUT2D eigenvalue weighted by atomic mass is 32.2. The van der Waals surface area contributed by atoms with E-state index in [2.05, 4.69) is 105 Å². The predicted molar refractivity (Wildman–Crippen MR) is 153 cm³/mol. The Morgan fingerprint density at radius 1 is 0.667 bits per heavy atom. The largest absolute Gasteiger partial charge is 0.454 e. The summed E-state index contributed by atoms with van der Waals surface area (Å²) in [6.45, 7) is 4.69. The molecule has 5 aromatic carbocycles. The molecule has 36 heavy (non-hydrogen) atoms. The molecule has 2 heterocycles. The van der Waals surface area contributed by atoms with Crippen LogP contribution >= 0.6 is 23.1 Å². The van der Waals surface area contributed by atoms with Crippen LogP contribution in [-0.4, -0.2) is 0 Å². The van der Waals surface area contributed by atoms with Crippen molar-refractivity contribution < 1.29 is 4.74 Å². The van der Waals surface area contributed by atoms with Crippen LogP contribution in [0.5, 0.6) is 11.5 Å². The average Bonchev–Trinajstić information content (AvgIpc) is 3.40. The lowest BCUT2D eigenvalue weighted by Gasteiger charge is -2.25. The van der Waals surface area contributed by atoms with Crippen LogP contribution in [-0.2, 0) is 5.41 Å². The minimum absolute atomic E-state index is 0.102. The van der Waals surface area contributed by atoms with Crippen molar-refractivity contribution in [3.63, 3.8) is 0 Å². The molecule has 3 heteroatoms. The minimum atomic E-state index is -0.102. The van der Waals surface area contributed by atoms with Gasteiger partial charge in [-0.05, 0) is 58.1 Å². The molecule has 0 unspecified atom stereocenters. The monoisotopic (exact) mass is 498 g/mol. The zero-order valence-electron chi connectivity index (χ0n) is 20.0. The first kappa shape index (κ1) is 20.6. The zero-order chi connectivity index (χ0) is 24.0. The molecular weight excluding hydrogens is 476 g/mol. The second-order valence-corrected chi connectivity index (χ2v) is 12.3. The lowest BCUT2D eigenvalue weighted by atomic mass is 9.81. The van der Waals surface area contributed by atoms with E-state index in [9.17, 15) is 0 Å². The standard InChI is InChI=1S/C33H22OS2/c1-33(2)24-16-17-29-31(34-26-11-4-6-13-28(26)35-29)30(24)23-15-14-19(18-25(23)33)20-9-7-10-22-21-8-3-5-12-27(21)36-32(20)22/h3-18H,1-2H3. The van der Waals surface area contributed by atoms with Crippen molar-refractivity contribution in [3.8, 4) is 33.8 Å². The highest BCUT2D eigenvalue weighted by Gasteiger charge is 2.39. The lowest BCUT2D eigenvalue weighted by molar-refractivity contribution is 0.455. The van der Waals surface area contributed by atoms with Crippen LogP contribution < -0.4 is 4.74 Å². The maximum atomic E-state index is 6.56. The van der Waals surface area contributed by atoms with Crippen LogP contribution in [0.25, 0.3) is 42.4 Å². The van der Waals surface area contributed by atoms with E-state index >= 15 is 0 Å². The molecule has 1 aliphatic carbocycles. The molecular formula is C33H22OS2. The van der Waals surface area contributed by atoms with E-state index < -0.39 is 0 Å². The number of rotatable bonds is 1. The Balaban J connectivity index is 1.32. The van der Waals surface area contributed by atoms with Gasteiger partial charge in [0.05, 0.1) is 9.79 Å². The number of thiophene rings is 1. The van der Waals surface area contributed by atoms with Crippen LogP contribution in [0.15, 0.2) is 107 Å². The summed E-state index contributed by atoms with van der Waals surface area (Å²) in [5, 5.41) is 2.68. The maximum absolute atomic E-state index is 6.56. The second kappa shape index (κ2) is 7.25. The Morgan fingerprint density at radius 3 is 2.44 bits per heavy atom. The van der Waals surface area contributed by atoms with E-state index in [1.807, 2.05) is 17.4 Å². The number of hydrogen-bond donors (Lipinski definition) is 0. The summed E-state index contributed by atoms with van der Waals surface area (Å²) in [6, 6.07) is 35.4. The number of fused-ring (bicyclic) bond motifs is 9. The Kier molecular flexibility index (Phi) is 4.16. The Morgan fingerprint density at radius 2 is 1.50 bits per heavy atom. The molecule has 1 aromatic heterocycles. The number of benzene rings is 5. The van der Waals surface area contributed by atoms with Gasteiger partial charge in [0.15, 0.2) is 0 Å². The fourth-order valence-corrected chi connectivity index (χ4v) is 8.15. The van der Waals surface area contributed by atoms with E-state index in [4.69, 9.17) is 4.74 Å². The normalized spacial score (nSPS) is 14.7. The van der Waals surface area contributed by atoms with Gasteiger partial charge in [-0.25, -0.2) is 0 Å². The van der Waals surface area contributed by atoms with Crippen molar-refractivity contribution in [2.45, 2.75) is 29.1 Å². The first-order valence-corrected chi connectivity index (χ1v) is 13.9. The highest BCUT2D eigenvalue weighted by molar-refractivity contribution is 7.99. The van der Waals surface area contributed by atoms with Crippen molar-refractivity contribution in [3.05, 3.63) is 108 Å². The predicted octanol–water partition coefficient (Wildman–Crippen LogP) is 10.3. The van der Waals surface area contributed by atoms with Gasteiger partial charge in [-0.2, -0.15) is 0 Å². The minimum Gasteiger partial charge on any atom is -0.454 e. The van der Waals surface area contributed by atoms with Crippen molar-refractivity contribution >= 4 is 43.3 Å². The molecule has 0 fully saturated rings. The molecule has 2 aliphatic rings. The van der Waals surface area contributed by atoms with Crippen molar-refractivity contribution in [2.24, 2.45) is 0 Å². The Bertz CT molecular complexity index is 1880. The number of ether oxygens (including phenoxy) is 1. The summed E-state index contributed by atoms with van der Waals surface area (Å²) < 4.78 is 9.26. The van der Waals surface area contributed by atoms with Gasteiger partial charge >= 0.3 is 0 Å². The SMILES string of the molecule is CC1(C)c2cc(-c3cccc4c3sc3ccccc34)ccc2-c2c1ccc1c2Oc2ccccc2S1. The summed E-state index contributed by atoms with van der Waals surface area (Å²) in [7, 11) is 0. The third kappa shape index (κ3) is 2.73. The van der Waals surface area contributed by atoms with Crippen LogP contribution in [0.1, 0.15) is 25.0 Å². The van der Waals surface area contributed by atoms with Crippen LogP contribution in [0.3, 0.4) is 0 Å². The Labute approximate surface area is 218 Å². The van der Waals surface area contributed by atoms with Crippen LogP contribution in [0, 0.1) is 0 Å². The summed E-state index contributed by atoms with van der Waals surface area (Å²) in [4.78, 5) is 2.37. The van der Waals surface area contributed by atoms with Gasteiger partial charge < -0.3 is 4.74 Å². The summed E-state index contributed by atoms with van der Waals surface area (Å²) in [5.74, 6) is 1.95. The third-order valence-corrected chi connectivity index (χ3v) is 10.1. The van der Waals surface area contributed by atoms with E-state index in [0.717, 1.165) is 11.5 Å². The first-order valence-electron chi connectivity index (χ1n) is 12.3. The van der Waals surface area contributed by atoms with Crippen molar-refractivity contribution in [1.82, 2.24) is 0 Å². The summed E-state index contributed by atoms with van der Waals surface area (Å²) in [6.07, 6.45) is 0. The van der Waals surface area contributed by atoms with E-state index in [0.29, 0.717) is 0 Å². The molecule has 0 radical (unpaired) electrons. The molecule has 1 aliphatic heterocycles. The fourth-order valence-electron chi connectivity index (χ4n) is 5.95. The molecule has 0 amide bonds. The van der Waals surface area contributed by atoms with Gasteiger partial charge in [0.2, 0.25) is 0 Å². The van der Waals surface area contributed by atoms with E-state index in [1.54, 1.807) is 11.8 Å². The quantitative estimate of drug-likeness (QED) is 0.223. The third-order valence-electron chi connectivity index (χ3n) is 7.75. The molecule has 172 valence electrons. The zero-order valence-corrected chi connectivity index (χ0v) is 21.6. The van der Waals surface area contributed by atoms with Crippen LogP contribution in [0.2, 0.25) is 0 Å².